The largest absolute Gasteiger partial charge is 0.496 e. The van der Waals surface area contributed by atoms with Crippen LogP contribution in [0.15, 0.2) is 36.4 Å². The van der Waals surface area contributed by atoms with Crippen LogP contribution in [0.25, 0.3) is 11.1 Å². The maximum Gasteiger partial charge on any atom is 0.417 e. The van der Waals surface area contributed by atoms with E-state index in [1.807, 2.05) is 0 Å². The zero-order valence-corrected chi connectivity index (χ0v) is 10.8. The number of nitrogens with zero attached hydrogens (tertiary/aromatic N) is 1. The number of hydrogen-bond acceptors (Lipinski definition) is 2. The first-order chi connectivity index (χ1) is 9.86. The van der Waals surface area contributed by atoms with Gasteiger partial charge < -0.3 is 4.74 Å². The third kappa shape index (κ3) is 2.97. The summed E-state index contributed by atoms with van der Waals surface area (Å²) in [5.41, 5.74) is -0.992. The number of alkyl halides is 3. The van der Waals surface area contributed by atoms with E-state index in [0.717, 1.165) is 24.3 Å². The smallest absolute Gasteiger partial charge is 0.417 e. The molecule has 6 heteroatoms. The third-order valence-electron chi connectivity index (χ3n) is 2.92. The van der Waals surface area contributed by atoms with Crippen LogP contribution in [-0.2, 0) is 6.18 Å². The Hall–Kier alpha value is -2.55. The number of ether oxygens (including phenoxy) is 1. The first-order valence-electron chi connectivity index (χ1n) is 5.82. The maximum absolute atomic E-state index is 13.1. The van der Waals surface area contributed by atoms with Crippen molar-refractivity contribution in [2.45, 2.75) is 6.18 Å². The minimum atomic E-state index is -4.64. The molecule has 0 aliphatic carbocycles. The van der Waals surface area contributed by atoms with Gasteiger partial charge in [-0.15, -0.1) is 0 Å². The summed E-state index contributed by atoms with van der Waals surface area (Å²) in [7, 11) is 1.30. The van der Waals surface area contributed by atoms with Gasteiger partial charge in [-0.2, -0.15) is 18.4 Å². The molecule has 2 rings (SSSR count). The van der Waals surface area contributed by atoms with Crippen molar-refractivity contribution in [1.82, 2.24) is 0 Å². The first kappa shape index (κ1) is 14.9. The van der Waals surface area contributed by atoms with Crippen LogP contribution in [0.4, 0.5) is 17.6 Å². The molecule has 0 saturated heterocycles. The van der Waals surface area contributed by atoms with Crippen molar-refractivity contribution in [3.8, 4) is 22.9 Å². The number of benzene rings is 2. The minimum Gasteiger partial charge on any atom is -0.496 e. The molecule has 0 N–H and O–H groups in total. The summed E-state index contributed by atoms with van der Waals surface area (Å²) >= 11 is 0. The van der Waals surface area contributed by atoms with E-state index in [0.29, 0.717) is 5.56 Å². The van der Waals surface area contributed by atoms with Crippen LogP contribution in [0.3, 0.4) is 0 Å². The van der Waals surface area contributed by atoms with E-state index in [9.17, 15) is 17.6 Å². The van der Waals surface area contributed by atoms with Gasteiger partial charge in [0.15, 0.2) is 0 Å². The Labute approximate surface area is 118 Å². The molecule has 0 fully saturated rings. The molecule has 2 aromatic rings. The molecule has 0 atom stereocenters. The lowest BCUT2D eigenvalue weighted by Gasteiger charge is -2.13. The van der Waals surface area contributed by atoms with Crippen molar-refractivity contribution >= 4 is 0 Å². The highest BCUT2D eigenvalue weighted by atomic mass is 19.4. The Morgan fingerprint density at radius 1 is 1.10 bits per heavy atom. The summed E-state index contributed by atoms with van der Waals surface area (Å²) < 4.78 is 56.9. The molecule has 2 nitrogen and oxygen atoms in total. The first-order valence-corrected chi connectivity index (χ1v) is 5.82. The highest BCUT2D eigenvalue weighted by molar-refractivity contribution is 5.72. The van der Waals surface area contributed by atoms with E-state index < -0.39 is 23.1 Å². The lowest BCUT2D eigenvalue weighted by molar-refractivity contribution is -0.137. The molecular formula is C15H9F4NO. The van der Waals surface area contributed by atoms with Crippen LogP contribution in [0, 0.1) is 17.1 Å². The van der Waals surface area contributed by atoms with Gasteiger partial charge in [-0.3, -0.25) is 0 Å². The Balaban J connectivity index is 2.64. The van der Waals surface area contributed by atoms with Gasteiger partial charge in [0.1, 0.15) is 11.6 Å². The van der Waals surface area contributed by atoms with Crippen molar-refractivity contribution < 1.29 is 22.3 Å². The van der Waals surface area contributed by atoms with Crippen LogP contribution in [0.1, 0.15) is 11.1 Å². The summed E-state index contributed by atoms with van der Waals surface area (Å²) in [6, 6.07) is 8.35. The summed E-state index contributed by atoms with van der Waals surface area (Å²) in [5, 5.41) is 8.76. The van der Waals surface area contributed by atoms with Gasteiger partial charge in [0.2, 0.25) is 0 Å². The van der Waals surface area contributed by atoms with E-state index in [1.165, 1.54) is 25.3 Å². The van der Waals surface area contributed by atoms with Crippen molar-refractivity contribution in [3.05, 3.63) is 53.3 Å². The second kappa shape index (κ2) is 5.44. The maximum atomic E-state index is 13.1. The van der Waals surface area contributed by atoms with E-state index in [2.05, 4.69) is 0 Å². The van der Waals surface area contributed by atoms with Crippen molar-refractivity contribution in [3.63, 3.8) is 0 Å². The summed E-state index contributed by atoms with van der Waals surface area (Å²) in [6.45, 7) is 0. The normalized spacial score (nSPS) is 11.0. The lowest BCUT2D eigenvalue weighted by atomic mass is 9.98. The molecule has 0 saturated carbocycles. The fourth-order valence-electron chi connectivity index (χ4n) is 1.95. The zero-order valence-electron chi connectivity index (χ0n) is 10.8. The van der Waals surface area contributed by atoms with Gasteiger partial charge in [-0.25, -0.2) is 4.39 Å². The summed E-state index contributed by atoms with van der Waals surface area (Å²) in [6.07, 6.45) is -4.64. The van der Waals surface area contributed by atoms with E-state index in [4.69, 9.17) is 10.00 Å². The summed E-state index contributed by atoms with van der Waals surface area (Å²) in [4.78, 5) is 0. The lowest BCUT2D eigenvalue weighted by Crippen LogP contribution is -2.08. The Morgan fingerprint density at radius 2 is 1.81 bits per heavy atom. The van der Waals surface area contributed by atoms with E-state index in [1.54, 1.807) is 0 Å². The highest BCUT2D eigenvalue weighted by Crippen LogP contribution is 2.37. The van der Waals surface area contributed by atoms with Crippen LogP contribution in [0.2, 0.25) is 0 Å². The van der Waals surface area contributed by atoms with Gasteiger partial charge in [0, 0.05) is 11.6 Å². The molecule has 0 aliphatic heterocycles. The average Bonchev–Trinajstić information content (AvgIpc) is 2.45. The predicted octanol–water partition coefficient (Wildman–Crippen LogP) is 4.39. The van der Waals surface area contributed by atoms with Gasteiger partial charge in [0.25, 0.3) is 0 Å². The molecule has 0 aromatic heterocycles. The monoisotopic (exact) mass is 295 g/mol. The number of hydrogen-bond donors (Lipinski definition) is 0. The Bertz CT molecular complexity index is 717. The molecule has 0 spiro atoms. The molecule has 0 aliphatic rings. The quantitative estimate of drug-likeness (QED) is 0.770. The van der Waals surface area contributed by atoms with Crippen LogP contribution in [0.5, 0.6) is 5.75 Å². The Morgan fingerprint density at radius 3 is 2.38 bits per heavy atom. The standard InChI is InChI=1S/C15H9F4NO/c1-21-14-7-11(16)4-5-12(14)9-2-3-10(8-20)13(6-9)15(17,18)19/h2-7H,1H3. The van der Waals surface area contributed by atoms with E-state index in [-0.39, 0.29) is 11.3 Å². The molecule has 0 heterocycles. The molecule has 108 valence electrons. The third-order valence-corrected chi connectivity index (χ3v) is 2.92. The highest BCUT2D eigenvalue weighted by Gasteiger charge is 2.34. The summed E-state index contributed by atoms with van der Waals surface area (Å²) in [5.74, 6) is -0.437. The van der Waals surface area contributed by atoms with Gasteiger partial charge in [-0.05, 0) is 29.8 Å². The fourth-order valence-corrected chi connectivity index (χ4v) is 1.95. The minimum absolute atomic E-state index is 0.118. The van der Waals surface area contributed by atoms with Crippen LogP contribution >= 0.6 is 0 Å². The van der Waals surface area contributed by atoms with Gasteiger partial charge in [0.05, 0.1) is 24.3 Å². The van der Waals surface area contributed by atoms with Gasteiger partial charge >= 0.3 is 6.18 Å². The SMILES string of the molecule is COc1cc(F)ccc1-c1ccc(C#N)c(C(F)(F)F)c1. The van der Waals surface area contributed by atoms with Crippen molar-refractivity contribution in [2.75, 3.05) is 7.11 Å². The topological polar surface area (TPSA) is 33.0 Å². The predicted molar refractivity (Wildman–Crippen MR) is 68.1 cm³/mol. The number of halogens is 4. The zero-order chi connectivity index (χ0) is 15.6. The molecule has 0 radical (unpaired) electrons. The Kier molecular flexibility index (Phi) is 3.85. The average molecular weight is 295 g/mol. The molecule has 2 aromatic carbocycles. The molecule has 0 unspecified atom stereocenters. The number of nitriles is 1. The second-order valence-corrected chi connectivity index (χ2v) is 4.21. The number of rotatable bonds is 2. The van der Waals surface area contributed by atoms with Gasteiger partial charge in [-0.1, -0.05) is 6.07 Å². The molecule has 0 amide bonds. The van der Waals surface area contributed by atoms with Crippen LogP contribution in [-0.4, -0.2) is 7.11 Å². The molecule has 0 bridgehead atoms. The van der Waals surface area contributed by atoms with Crippen molar-refractivity contribution in [2.24, 2.45) is 0 Å². The molecule has 21 heavy (non-hydrogen) atoms. The fraction of sp³-hybridized carbons (Fsp3) is 0.133. The second-order valence-electron chi connectivity index (χ2n) is 4.21. The molecular weight excluding hydrogens is 286 g/mol. The van der Waals surface area contributed by atoms with Crippen LogP contribution < -0.4 is 4.74 Å². The number of methoxy groups -OCH3 is 1. The van der Waals surface area contributed by atoms with Crippen molar-refractivity contribution in [1.29, 1.82) is 5.26 Å². The van der Waals surface area contributed by atoms with E-state index >= 15 is 0 Å².